The third-order valence-electron chi connectivity index (χ3n) is 4.29. The van der Waals surface area contributed by atoms with Crippen molar-refractivity contribution in [2.45, 2.75) is 45.1 Å². The molecule has 1 aromatic carbocycles. The van der Waals surface area contributed by atoms with E-state index in [4.69, 9.17) is 5.73 Å². The molecule has 1 fully saturated rings. The molecule has 2 aromatic rings. The Kier molecular flexibility index (Phi) is 5.45. The zero-order valence-corrected chi connectivity index (χ0v) is 15.0. The van der Waals surface area contributed by atoms with Gasteiger partial charge in [-0.3, -0.25) is 4.79 Å². The summed E-state index contributed by atoms with van der Waals surface area (Å²) in [6.45, 7) is 4.09. The molecule has 1 aliphatic rings. The maximum atomic E-state index is 12.4. The molecule has 0 spiro atoms. The van der Waals surface area contributed by atoms with Crippen molar-refractivity contribution in [3.63, 3.8) is 0 Å². The first-order chi connectivity index (χ1) is 10.5. The van der Waals surface area contributed by atoms with E-state index < -0.39 is 5.54 Å². The number of aryl methyl sites for hydroxylation is 2. The minimum atomic E-state index is -0.719. The lowest BCUT2D eigenvalue weighted by Gasteiger charge is -2.21. The highest BCUT2D eigenvalue weighted by Gasteiger charge is 2.37. The van der Waals surface area contributed by atoms with Gasteiger partial charge in [0.05, 0.1) is 11.2 Å². The van der Waals surface area contributed by atoms with E-state index in [2.05, 4.69) is 41.5 Å². The number of thiazole rings is 1. The Labute approximate surface area is 146 Å². The molecule has 3 N–H and O–H groups in total. The summed E-state index contributed by atoms with van der Waals surface area (Å²) < 4.78 is 0. The second-order valence-electron chi connectivity index (χ2n) is 6.11. The molecule has 124 valence electrons. The summed E-state index contributed by atoms with van der Waals surface area (Å²) in [7, 11) is 0. The highest BCUT2D eigenvalue weighted by atomic mass is 35.5. The van der Waals surface area contributed by atoms with Gasteiger partial charge in [-0.2, -0.15) is 0 Å². The summed E-state index contributed by atoms with van der Waals surface area (Å²) in [5.74, 6) is -0.103. The Morgan fingerprint density at radius 3 is 2.43 bits per heavy atom. The number of anilines is 1. The molecular weight excluding hydrogens is 330 g/mol. The third kappa shape index (κ3) is 3.74. The van der Waals surface area contributed by atoms with E-state index in [1.807, 2.05) is 6.92 Å². The number of amides is 1. The molecule has 1 aromatic heterocycles. The van der Waals surface area contributed by atoms with Crippen molar-refractivity contribution in [3.8, 4) is 11.3 Å². The van der Waals surface area contributed by atoms with E-state index >= 15 is 0 Å². The molecule has 1 amide bonds. The number of halogens is 1. The second kappa shape index (κ2) is 6.99. The lowest BCUT2D eigenvalue weighted by atomic mass is 9.98. The Balaban J connectivity index is 0.00000192. The van der Waals surface area contributed by atoms with Gasteiger partial charge in [0.2, 0.25) is 5.91 Å². The van der Waals surface area contributed by atoms with Crippen molar-refractivity contribution in [1.82, 2.24) is 4.98 Å². The van der Waals surface area contributed by atoms with Crippen molar-refractivity contribution < 1.29 is 4.79 Å². The van der Waals surface area contributed by atoms with Gasteiger partial charge in [-0.25, -0.2) is 4.98 Å². The lowest BCUT2D eigenvalue weighted by Crippen LogP contribution is -2.48. The number of aromatic nitrogens is 1. The summed E-state index contributed by atoms with van der Waals surface area (Å²) in [5.41, 5.74) is 8.69. The monoisotopic (exact) mass is 351 g/mol. The SMILES string of the molecule is Cc1ccc(-c2nc(NC(=O)C3(N)CCCC3)sc2C)cc1.Cl. The first-order valence-corrected chi connectivity index (χ1v) is 8.44. The van der Waals surface area contributed by atoms with Crippen molar-refractivity contribution in [3.05, 3.63) is 34.7 Å². The van der Waals surface area contributed by atoms with Crippen LogP contribution < -0.4 is 11.1 Å². The first-order valence-electron chi connectivity index (χ1n) is 7.63. The first kappa shape index (κ1) is 17.9. The largest absolute Gasteiger partial charge is 0.317 e. The third-order valence-corrected chi connectivity index (χ3v) is 5.18. The Hall–Kier alpha value is -1.43. The van der Waals surface area contributed by atoms with Crippen LogP contribution in [0.3, 0.4) is 0 Å². The molecule has 23 heavy (non-hydrogen) atoms. The van der Waals surface area contributed by atoms with E-state index in [0.717, 1.165) is 41.8 Å². The zero-order valence-electron chi connectivity index (χ0n) is 13.4. The molecule has 0 unspecified atom stereocenters. The van der Waals surface area contributed by atoms with Gasteiger partial charge in [-0.15, -0.1) is 23.7 Å². The van der Waals surface area contributed by atoms with Gasteiger partial charge in [0, 0.05) is 10.4 Å². The van der Waals surface area contributed by atoms with Crippen LogP contribution in [0.5, 0.6) is 0 Å². The topological polar surface area (TPSA) is 68.0 Å². The molecule has 0 atom stereocenters. The zero-order chi connectivity index (χ0) is 15.7. The van der Waals surface area contributed by atoms with Crippen LogP contribution in [-0.2, 0) is 4.79 Å². The molecule has 6 heteroatoms. The minimum Gasteiger partial charge on any atom is -0.317 e. The summed E-state index contributed by atoms with van der Waals surface area (Å²) in [5, 5.41) is 3.54. The van der Waals surface area contributed by atoms with Gasteiger partial charge in [0.1, 0.15) is 0 Å². The van der Waals surface area contributed by atoms with Crippen molar-refractivity contribution >= 4 is 34.8 Å². The average Bonchev–Trinajstić information content (AvgIpc) is 3.07. The second-order valence-corrected chi connectivity index (χ2v) is 7.31. The van der Waals surface area contributed by atoms with Crippen LogP contribution in [0.4, 0.5) is 5.13 Å². The average molecular weight is 352 g/mol. The number of carbonyl (C=O) groups is 1. The minimum absolute atomic E-state index is 0. The van der Waals surface area contributed by atoms with Gasteiger partial charge >= 0.3 is 0 Å². The summed E-state index contributed by atoms with van der Waals surface area (Å²) in [4.78, 5) is 18.0. The molecule has 0 bridgehead atoms. The van der Waals surface area contributed by atoms with Gasteiger partial charge < -0.3 is 11.1 Å². The van der Waals surface area contributed by atoms with Crippen LogP contribution in [0.25, 0.3) is 11.3 Å². The molecule has 1 saturated carbocycles. The van der Waals surface area contributed by atoms with Gasteiger partial charge in [-0.05, 0) is 26.7 Å². The van der Waals surface area contributed by atoms with Crippen LogP contribution in [0.15, 0.2) is 24.3 Å². The highest BCUT2D eigenvalue weighted by Crippen LogP contribution is 2.32. The quantitative estimate of drug-likeness (QED) is 0.876. The summed E-state index contributed by atoms with van der Waals surface area (Å²) in [6, 6.07) is 8.26. The van der Waals surface area contributed by atoms with Crippen molar-refractivity contribution in [2.75, 3.05) is 5.32 Å². The Morgan fingerprint density at radius 1 is 1.22 bits per heavy atom. The van der Waals surface area contributed by atoms with E-state index in [0.29, 0.717) is 5.13 Å². The van der Waals surface area contributed by atoms with E-state index in [1.54, 1.807) is 0 Å². The van der Waals surface area contributed by atoms with Crippen LogP contribution in [0, 0.1) is 13.8 Å². The smallest absolute Gasteiger partial charge is 0.246 e. The van der Waals surface area contributed by atoms with Crippen LogP contribution in [-0.4, -0.2) is 16.4 Å². The number of hydrogen-bond acceptors (Lipinski definition) is 4. The number of nitrogens with two attached hydrogens (primary N) is 1. The van der Waals surface area contributed by atoms with Crippen molar-refractivity contribution in [1.29, 1.82) is 0 Å². The number of nitrogens with zero attached hydrogens (tertiary/aromatic N) is 1. The van der Waals surface area contributed by atoms with E-state index in [9.17, 15) is 4.79 Å². The fourth-order valence-corrected chi connectivity index (χ4v) is 3.71. The Morgan fingerprint density at radius 2 is 1.83 bits per heavy atom. The molecule has 0 radical (unpaired) electrons. The molecule has 0 saturated heterocycles. The number of benzene rings is 1. The van der Waals surface area contributed by atoms with Crippen molar-refractivity contribution in [2.24, 2.45) is 5.73 Å². The fraction of sp³-hybridized carbons (Fsp3) is 0.412. The summed E-state index contributed by atoms with van der Waals surface area (Å²) >= 11 is 1.50. The van der Waals surface area contributed by atoms with E-state index in [-0.39, 0.29) is 18.3 Å². The summed E-state index contributed by atoms with van der Waals surface area (Å²) in [6.07, 6.45) is 3.56. The highest BCUT2D eigenvalue weighted by molar-refractivity contribution is 7.16. The molecular formula is C17H22ClN3OS. The number of nitrogens with one attached hydrogen (secondary N) is 1. The maximum Gasteiger partial charge on any atom is 0.246 e. The van der Waals surface area contributed by atoms with Crippen LogP contribution >= 0.6 is 23.7 Å². The van der Waals surface area contributed by atoms with Crippen LogP contribution in [0.2, 0.25) is 0 Å². The number of hydrogen-bond donors (Lipinski definition) is 2. The fourth-order valence-electron chi connectivity index (χ4n) is 2.88. The standard InChI is InChI=1S/C17H21N3OS.ClH/c1-11-5-7-13(8-6-11)14-12(2)22-16(19-14)20-15(21)17(18)9-3-4-10-17;/h5-8H,3-4,9-10,18H2,1-2H3,(H,19,20,21);1H. The molecule has 0 aliphatic heterocycles. The lowest BCUT2D eigenvalue weighted by molar-refractivity contribution is -0.121. The maximum absolute atomic E-state index is 12.4. The number of rotatable bonds is 3. The number of carbonyl (C=O) groups excluding carboxylic acids is 1. The normalized spacial score (nSPS) is 16.0. The van der Waals surface area contributed by atoms with Crippen LogP contribution in [0.1, 0.15) is 36.1 Å². The predicted octanol–water partition coefficient (Wildman–Crippen LogP) is 4.06. The molecule has 1 heterocycles. The van der Waals surface area contributed by atoms with Gasteiger partial charge in [-0.1, -0.05) is 42.7 Å². The van der Waals surface area contributed by atoms with Gasteiger partial charge in [0.25, 0.3) is 0 Å². The van der Waals surface area contributed by atoms with Gasteiger partial charge in [0.15, 0.2) is 5.13 Å². The van der Waals surface area contributed by atoms with E-state index in [1.165, 1.54) is 16.9 Å². The molecule has 3 rings (SSSR count). The predicted molar refractivity (Wildman–Crippen MR) is 98.3 cm³/mol. The molecule has 4 nitrogen and oxygen atoms in total. The molecule has 1 aliphatic carbocycles. The Bertz CT molecular complexity index is 690.